The van der Waals surface area contributed by atoms with E-state index in [1.165, 1.54) is 6.20 Å². The highest BCUT2D eigenvalue weighted by molar-refractivity contribution is 6.56. The van der Waals surface area contributed by atoms with Crippen molar-refractivity contribution in [1.29, 1.82) is 0 Å². The Hall–Kier alpha value is -1.28. The van der Waals surface area contributed by atoms with Crippen LogP contribution in [0.25, 0.3) is 6.08 Å². The van der Waals surface area contributed by atoms with Gasteiger partial charge in [0.15, 0.2) is 0 Å². The molecule has 6 nitrogen and oxygen atoms in total. The quantitative estimate of drug-likeness (QED) is 0.543. The number of rotatable bonds is 4. The zero-order valence-electron chi connectivity index (χ0n) is 17.4. The summed E-state index contributed by atoms with van der Waals surface area (Å²) < 4.78 is 17.6. The first-order valence-corrected chi connectivity index (χ1v) is 9.80. The predicted octanol–water partition coefficient (Wildman–Crippen LogP) is 4.93. The van der Waals surface area contributed by atoms with Gasteiger partial charge in [0.25, 0.3) is 0 Å². The van der Waals surface area contributed by atoms with Gasteiger partial charge in [0.2, 0.25) is 0 Å². The zero-order valence-corrected chi connectivity index (χ0v) is 18.9. The summed E-state index contributed by atoms with van der Waals surface area (Å²) in [5, 5.41) is 3.42. The van der Waals surface area contributed by atoms with Gasteiger partial charge in [-0.05, 0) is 60.0 Å². The number of carbonyl (C=O) groups excluding carboxylic acids is 1. The molecule has 1 aromatic heterocycles. The summed E-state index contributed by atoms with van der Waals surface area (Å²) in [7, 11) is -0.688. The van der Waals surface area contributed by atoms with Gasteiger partial charge < -0.3 is 19.4 Å². The van der Waals surface area contributed by atoms with E-state index in [0.717, 1.165) is 0 Å². The number of aromatic nitrogens is 1. The van der Waals surface area contributed by atoms with E-state index >= 15 is 0 Å². The maximum atomic E-state index is 12.1. The van der Waals surface area contributed by atoms with Crippen LogP contribution in [0.3, 0.4) is 0 Å². The second-order valence-electron chi connectivity index (χ2n) is 8.66. The highest BCUT2D eigenvalue weighted by Gasteiger charge is 2.52. The lowest BCUT2D eigenvalue weighted by Gasteiger charge is -2.32. The number of ether oxygens (including phenoxy) is 1. The van der Waals surface area contributed by atoms with Crippen LogP contribution in [0.2, 0.25) is 10.2 Å². The molecule has 1 saturated heterocycles. The Labute approximate surface area is 177 Å². The standard InChI is InChI=1S/C19H27BCl2N2O4/c1-17(2,3)26-16(25)24-11-12(10-13-14(21)8-9-23-15(13)22)20-27-18(4,5)19(6,7)28-20/h8-10H,11H2,1-7H3,(H,24,25). The molecule has 9 heteroatoms. The Bertz CT molecular complexity index is 739. The Morgan fingerprint density at radius 2 is 1.82 bits per heavy atom. The van der Waals surface area contributed by atoms with Gasteiger partial charge in [0.1, 0.15) is 10.8 Å². The first kappa shape index (κ1) is 23.0. The van der Waals surface area contributed by atoms with Crippen molar-refractivity contribution in [2.75, 3.05) is 6.54 Å². The average Bonchev–Trinajstić information content (AvgIpc) is 2.72. The minimum Gasteiger partial charge on any atom is -0.444 e. The van der Waals surface area contributed by atoms with Gasteiger partial charge in [-0.3, -0.25) is 0 Å². The van der Waals surface area contributed by atoms with E-state index in [1.54, 1.807) is 32.9 Å². The fraction of sp³-hybridized carbons (Fsp3) is 0.579. The molecule has 0 atom stereocenters. The van der Waals surface area contributed by atoms with Crippen LogP contribution in [0.4, 0.5) is 4.79 Å². The van der Waals surface area contributed by atoms with Gasteiger partial charge in [-0.15, -0.1) is 0 Å². The molecule has 0 spiro atoms. The summed E-state index contributed by atoms with van der Waals surface area (Å²) >= 11 is 12.5. The van der Waals surface area contributed by atoms with Crippen molar-refractivity contribution in [1.82, 2.24) is 10.3 Å². The molecule has 0 aliphatic carbocycles. The molecule has 154 valence electrons. The molecule has 1 aromatic rings. The first-order valence-electron chi connectivity index (χ1n) is 9.05. The fourth-order valence-corrected chi connectivity index (χ4v) is 2.89. The van der Waals surface area contributed by atoms with Crippen molar-refractivity contribution < 1.29 is 18.8 Å². The third-order valence-electron chi connectivity index (χ3n) is 4.61. The second-order valence-corrected chi connectivity index (χ2v) is 9.43. The normalized spacial score (nSPS) is 18.9. The third kappa shape index (κ3) is 5.63. The monoisotopic (exact) mass is 428 g/mol. The highest BCUT2D eigenvalue weighted by Crippen LogP contribution is 2.39. The minimum absolute atomic E-state index is 0.132. The maximum Gasteiger partial charge on any atom is 0.492 e. The molecule has 1 aliphatic rings. The molecule has 0 unspecified atom stereocenters. The van der Waals surface area contributed by atoms with Gasteiger partial charge in [0, 0.05) is 18.3 Å². The van der Waals surface area contributed by atoms with Crippen LogP contribution in [0.1, 0.15) is 54.0 Å². The van der Waals surface area contributed by atoms with Gasteiger partial charge in [0.05, 0.1) is 16.2 Å². The summed E-state index contributed by atoms with van der Waals surface area (Å²) in [5.41, 5.74) is -0.507. The van der Waals surface area contributed by atoms with Crippen LogP contribution in [-0.4, -0.2) is 41.5 Å². The van der Waals surface area contributed by atoms with Crippen LogP contribution >= 0.6 is 23.2 Å². The topological polar surface area (TPSA) is 69.7 Å². The molecule has 0 radical (unpaired) electrons. The summed E-state index contributed by atoms with van der Waals surface area (Å²) in [6, 6.07) is 1.64. The summed E-state index contributed by atoms with van der Waals surface area (Å²) in [6.45, 7) is 13.3. The summed E-state index contributed by atoms with van der Waals surface area (Å²) in [4.78, 5) is 16.2. The summed E-state index contributed by atoms with van der Waals surface area (Å²) in [6.07, 6.45) is 2.71. The van der Waals surface area contributed by atoms with E-state index in [2.05, 4.69) is 10.3 Å². The van der Waals surface area contributed by atoms with Crippen LogP contribution in [0, 0.1) is 0 Å². The van der Waals surface area contributed by atoms with Gasteiger partial charge in [-0.1, -0.05) is 29.3 Å². The molecule has 1 N–H and O–H groups in total. The minimum atomic E-state index is -0.688. The molecule has 1 aliphatic heterocycles. The van der Waals surface area contributed by atoms with Crippen LogP contribution in [0.5, 0.6) is 0 Å². The molecular weight excluding hydrogens is 402 g/mol. The molecule has 0 saturated carbocycles. The predicted molar refractivity (Wildman–Crippen MR) is 113 cm³/mol. The Morgan fingerprint density at radius 3 is 2.32 bits per heavy atom. The van der Waals surface area contributed by atoms with E-state index in [9.17, 15) is 4.79 Å². The van der Waals surface area contributed by atoms with Crippen molar-refractivity contribution in [2.24, 2.45) is 0 Å². The number of alkyl carbamates (subject to hydrolysis) is 1. The average molecular weight is 429 g/mol. The van der Waals surface area contributed by atoms with Gasteiger partial charge in [-0.25, -0.2) is 9.78 Å². The van der Waals surface area contributed by atoms with Crippen LogP contribution in [0.15, 0.2) is 17.7 Å². The molecular formula is C19H27BCl2N2O4. The van der Waals surface area contributed by atoms with E-state index in [4.69, 9.17) is 37.2 Å². The maximum absolute atomic E-state index is 12.1. The van der Waals surface area contributed by atoms with Crippen molar-refractivity contribution in [2.45, 2.75) is 65.3 Å². The molecule has 1 fully saturated rings. The SMILES string of the molecule is CC(C)(C)OC(=O)NCC(=Cc1c(Cl)ccnc1Cl)B1OC(C)(C)C(C)(C)O1. The largest absolute Gasteiger partial charge is 0.492 e. The second kappa shape index (κ2) is 8.23. The lowest BCUT2D eigenvalue weighted by molar-refractivity contribution is 0.00578. The van der Waals surface area contributed by atoms with Crippen LogP contribution in [-0.2, 0) is 14.0 Å². The summed E-state index contributed by atoms with van der Waals surface area (Å²) in [5.74, 6) is 0. The molecule has 0 aromatic carbocycles. The lowest BCUT2D eigenvalue weighted by atomic mass is 9.77. The number of amides is 1. The number of hydrogen-bond donors (Lipinski definition) is 1. The Kier molecular flexibility index (Phi) is 6.76. The highest BCUT2D eigenvalue weighted by atomic mass is 35.5. The number of hydrogen-bond acceptors (Lipinski definition) is 5. The number of halogens is 2. The Balaban J connectivity index is 2.32. The Morgan fingerprint density at radius 1 is 1.25 bits per heavy atom. The van der Waals surface area contributed by atoms with Crippen molar-refractivity contribution in [3.05, 3.63) is 33.5 Å². The van der Waals surface area contributed by atoms with E-state index < -0.39 is 30.0 Å². The molecule has 2 rings (SSSR count). The zero-order chi connectivity index (χ0) is 21.3. The van der Waals surface area contributed by atoms with Crippen molar-refractivity contribution in [3.8, 4) is 0 Å². The number of pyridine rings is 1. The van der Waals surface area contributed by atoms with Crippen molar-refractivity contribution >= 4 is 42.5 Å². The van der Waals surface area contributed by atoms with E-state index in [-0.39, 0.29) is 11.7 Å². The molecule has 1 amide bonds. The molecule has 0 bridgehead atoms. The lowest BCUT2D eigenvalue weighted by Crippen LogP contribution is -2.41. The molecule has 28 heavy (non-hydrogen) atoms. The number of nitrogens with zero attached hydrogens (tertiary/aromatic N) is 1. The van der Waals surface area contributed by atoms with Crippen molar-refractivity contribution in [3.63, 3.8) is 0 Å². The molecule has 2 heterocycles. The number of carbonyl (C=O) groups is 1. The van der Waals surface area contributed by atoms with Crippen LogP contribution < -0.4 is 5.32 Å². The fourth-order valence-electron chi connectivity index (χ4n) is 2.43. The van der Waals surface area contributed by atoms with E-state index in [0.29, 0.717) is 16.1 Å². The van der Waals surface area contributed by atoms with Gasteiger partial charge in [-0.2, -0.15) is 0 Å². The smallest absolute Gasteiger partial charge is 0.444 e. The first-order chi connectivity index (χ1) is 12.7. The third-order valence-corrected chi connectivity index (χ3v) is 5.24. The van der Waals surface area contributed by atoms with E-state index in [1.807, 2.05) is 27.7 Å². The van der Waals surface area contributed by atoms with Gasteiger partial charge >= 0.3 is 13.2 Å². The number of nitrogens with one attached hydrogen (secondary N) is 1.